The maximum Gasteiger partial charge on any atom is 0.225 e. The summed E-state index contributed by atoms with van der Waals surface area (Å²) < 4.78 is 24.4. The quantitative estimate of drug-likeness (QED) is 0.756. The fraction of sp³-hybridized carbons (Fsp3) is 0.500. The van der Waals surface area contributed by atoms with Crippen LogP contribution in [0.15, 0.2) is 6.33 Å². The lowest BCUT2D eigenvalue weighted by atomic mass is 10.4. The number of anilines is 2. The Morgan fingerprint density at radius 2 is 2.05 bits per heavy atom. The number of fused-ring (bicyclic) bond motifs is 1. The second-order valence-corrected chi connectivity index (χ2v) is 6.47. The normalized spacial score (nSPS) is 12.2. The predicted molar refractivity (Wildman–Crippen MR) is 76.5 cm³/mol. The molecule has 3 N–H and O–H groups in total. The molecule has 2 aromatic rings. The minimum absolute atomic E-state index is 0.0528. The highest BCUT2D eigenvalue weighted by molar-refractivity contribution is 7.88. The Morgan fingerprint density at radius 3 is 2.60 bits per heavy atom. The van der Waals surface area contributed by atoms with Crippen LogP contribution in [0.4, 0.5) is 11.8 Å². The number of rotatable bonds is 4. The van der Waals surface area contributed by atoms with Gasteiger partial charge in [0.25, 0.3) is 0 Å². The van der Waals surface area contributed by atoms with Gasteiger partial charge in [-0.05, 0) is 13.8 Å². The second kappa shape index (κ2) is 4.87. The van der Waals surface area contributed by atoms with Crippen LogP contribution in [0.2, 0.25) is 0 Å². The topological polar surface area (TPSA) is 119 Å². The molecular formula is C10H17N7O2S. The summed E-state index contributed by atoms with van der Waals surface area (Å²) >= 11 is 0. The lowest BCUT2D eigenvalue weighted by molar-refractivity contribution is 0.586. The number of imidazole rings is 1. The van der Waals surface area contributed by atoms with Gasteiger partial charge < -0.3 is 10.3 Å². The van der Waals surface area contributed by atoms with Gasteiger partial charge in [0, 0.05) is 13.1 Å². The van der Waals surface area contributed by atoms with Crippen LogP contribution in [0, 0.1) is 0 Å². The Morgan fingerprint density at radius 1 is 1.40 bits per heavy atom. The molecule has 0 amide bonds. The van der Waals surface area contributed by atoms with Crippen LogP contribution in [-0.2, 0) is 10.0 Å². The third kappa shape index (κ3) is 2.80. The van der Waals surface area contributed by atoms with Gasteiger partial charge in [-0.25, -0.2) is 13.4 Å². The van der Waals surface area contributed by atoms with E-state index in [2.05, 4.69) is 19.8 Å². The third-order valence-electron chi connectivity index (χ3n) is 2.60. The number of hydrogen-bond donors (Lipinski definition) is 2. The fourth-order valence-corrected chi connectivity index (χ4v) is 2.41. The van der Waals surface area contributed by atoms with Crippen molar-refractivity contribution >= 4 is 33.0 Å². The maximum absolute atomic E-state index is 11.3. The number of aromatic nitrogens is 4. The van der Waals surface area contributed by atoms with E-state index >= 15 is 0 Å². The zero-order valence-electron chi connectivity index (χ0n) is 11.7. The predicted octanol–water partition coefficient (Wildman–Crippen LogP) is -0.110. The van der Waals surface area contributed by atoms with Crippen LogP contribution in [-0.4, -0.2) is 41.2 Å². The molecule has 0 aliphatic rings. The van der Waals surface area contributed by atoms with Crippen LogP contribution in [0.3, 0.4) is 0 Å². The summed E-state index contributed by atoms with van der Waals surface area (Å²) in [6.07, 6.45) is 2.68. The van der Waals surface area contributed by atoms with E-state index in [-0.39, 0.29) is 12.0 Å². The minimum atomic E-state index is -3.42. The fourth-order valence-electron chi connectivity index (χ4n) is 1.82. The van der Waals surface area contributed by atoms with E-state index in [4.69, 9.17) is 5.73 Å². The molecule has 0 saturated carbocycles. The van der Waals surface area contributed by atoms with E-state index in [1.807, 2.05) is 18.4 Å². The summed E-state index contributed by atoms with van der Waals surface area (Å²) in [6, 6.07) is 0.148. The molecule has 20 heavy (non-hydrogen) atoms. The van der Waals surface area contributed by atoms with Crippen molar-refractivity contribution in [3.05, 3.63) is 6.33 Å². The Balaban J connectivity index is 2.59. The van der Waals surface area contributed by atoms with Gasteiger partial charge in [0.05, 0.1) is 12.6 Å². The molecule has 0 bridgehead atoms. The second-order valence-electron chi connectivity index (χ2n) is 4.75. The van der Waals surface area contributed by atoms with E-state index in [1.54, 1.807) is 6.33 Å². The smallest absolute Gasteiger partial charge is 0.225 e. The first-order valence-corrected chi connectivity index (χ1v) is 7.79. The van der Waals surface area contributed by atoms with Crippen LogP contribution in [0.5, 0.6) is 0 Å². The number of nitrogens with zero attached hydrogens (tertiary/aromatic N) is 5. The van der Waals surface area contributed by atoms with Gasteiger partial charge in [-0.15, -0.1) is 4.83 Å². The largest absolute Gasteiger partial charge is 0.368 e. The van der Waals surface area contributed by atoms with Gasteiger partial charge in [0.1, 0.15) is 0 Å². The molecular weight excluding hydrogens is 282 g/mol. The van der Waals surface area contributed by atoms with Crippen molar-refractivity contribution in [2.24, 2.45) is 0 Å². The lowest BCUT2D eigenvalue weighted by Crippen LogP contribution is -2.39. The highest BCUT2D eigenvalue weighted by atomic mass is 32.2. The van der Waals surface area contributed by atoms with Gasteiger partial charge in [0.15, 0.2) is 17.0 Å². The molecule has 110 valence electrons. The molecule has 0 radical (unpaired) electrons. The Labute approximate surface area is 116 Å². The van der Waals surface area contributed by atoms with E-state index in [1.165, 1.54) is 12.1 Å². The average molecular weight is 299 g/mol. The van der Waals surface area contributed by atoms with Crippen LogP contribution >= 0.6 is 0 Å². The molecule has 0 fully saturated rings. The van der Waals surface area contributed by atoms with Crippen molar-refractivity contribution in [1.82, 2.24) is 24.4 Å². The first-order chi connectivity index (χ1) is 9.19. The Hall–Kier alpha value is -1.94. The molecule has 0 aliphatic carbocycles. The minimum Gasteiger partial charge on any atom is -0.368 e. The zero-order chi connectivity index (χ0) is 15.1. The number of hydrazine groups is 1. The number of nitrogens with two attached hydrogens (primary N) is 1. The highest BCUT2D eigenvalue weighted by Gasteiger charge is 2.18. The molecule has 0 aliphatic heterocycles. The molecule has 9 nitrogen and oxygen atoms in total. The molecule has 0 unspecified atom stereocenters. The number of sulfonamides is 1. The summed E-state index contributed by atoms with van der Waals surface area (Å²) in [5.74, 6) is 0.356. The van der Waals surface area contributed by atoms with Gasteiger partial charge in [-0.1, -0.05) is 0 Å². The van der Waals surface area contributed by atoms with E-state index in [0.717, 1.165) is 6.26 Å². The Bertz CT molecular complexity index is 737. The molecule has 0 atom stereocenters. The van der Waals surface area contributed by atoms with Crippen molar-refractivity contribution < 1.29 is 8.42 Å². The number of hydrogen-bond acceptors (Lipinski definition) is 7. The molecule has 10 heteroatoms. The molecule has 2 rings (SSSR count). The summed E-state index contributed by atoms with van der Waals surface area (Å²) in [6.45, 7) is 3.97. The van der Waals surface area contributed by atoms with Gasteiger partial charge in [-0.3, -0.25) is 5.01 Å². The van der Waals surface area contributed by atoms with E-state index in [9.17, 15) is 8.42 Å². The van der Waals surface area contributed by atoms with Crippen molar-refractivity contribution in [3.8, 4) is 0 Å². The zero-order valence-corrected chi connectivity index (χ0v) is 12.5. The van der Waals surface area contributed by atoms with E-state index < -0.39 is 10.0 Å². The summed E-state index contributed by atoms with van der Waals surface area (Å²) in [5.41, 5.74) is 6.73. The first kappa shape index (κ1) is 14.5. The van der Waals surface area contributed by atoms with Crippen LogP contribution in [0.25, 0.3) is 11.2 Å². The van der Waals surface area contributed by atoms with Gasteiger partial charge in [-0.2, -0.15) is 9.97 Å². The molecule has 0 aromatic carbocycles. The molecule has 2 heterocycles. The number of nitrogen functional groups attached to an aromatic ring is 1. The van der Waals surface area contributed by atoms with Crippen LogP contribution < -0.4 is 15.6 Å². The van der Waals surface area contributed by atoms with Crippen molar-refractivity contribution in [2.75, 3.05) is 24.0 Å². The molecule has 2 aromatic heterocycles. The monoisotopic (exact) mass is 299 g/mol. The maximum atomic E-state index is 11.3. The van der Waals surface area contributed by atoms with Crippen molar-refractivity contribution in [2.45, 2.75) is 19.9 Å². The van der Waals surface area contributed by atoms with E-state index in [0.29, 0.717) is 17.0 Å². The lowest BCUT2D eigenvalue weighted by Gasteiger charge is -2.18. The average Bonchev–Trinajstić information content (AvgIpc) is 2.68. The molecule has 0 saturated heterocycles. The highest BCUT2D eigenvalue weighted by Crippen LogP contribution is 2.23. The van der Waals surface area contributed by atoms with Gasteiger partial charge >= 0.3 is 0 Å². The first-order valence-electron chi connectivity index (χ1n) is 5.90. The Kier molecular flexibility index (Phi) is 3.52. The van der Waals surface area contributed by atoms with Crippen LogP contribution in [0.1, 0.15) is 19.9 Å². The SMILES string of the molecule is CC(C)n1cnc2c(N(C)NS(C)(=O)=O)nc(N)nc21. The summed E-state index contributed by atoms with van der Waals surface area (Å²) in [7, 11) is -1.90. The summed E-state index contributed by atoms with van der Waals surface area (Å²) in [4.78, 5) is 14.7. The van der Waals surface area contributed by atoms with Crippen molar-refractivity contribution in [3.63, 3.8) is 0 Å². The van der Waals surface area contributed by atoms with Crippen molar-refractivity contribution in [1.29, 1.82) is 0 Å². The standard InChI is InChI=1S/C10H17N7O2S/c1-6(2)17-5-12-7-8(13-10(11)14-9(7)17)16(3)15-20(4,18)19/h5-6,15H,1-4H3,(H2,11,13,14). The molecule has 0 spiro atoms. The number of nitrogens with one attached hydrogen (secondary N) is 1. The summed E-state index contributed by atoms with van der Waals surface area (Å²) in [5, 5.41) is 1.26. The van der Waals surface area contributed by atoms with Gasteiger partial charge in [0.2, 0.25) is 16.0 Å². The third-order valence-corrected chi connectivity index (χ3v) is 3.20.